The number of carbonyl (C=O) groups is 2. The lowest BCUT2D eigenvalue weighted by Crippen LogP contribution is -2.08. The summed E-state index contributed by atoms with van der Waals surface area (Å²) in [6.07, 6.45) is 25.6. The van der Waals surface area contributed by atoms with Gasteiger partial charge in [0.1, 0.15) is 0 Å². The molecule has 0 aliphatic heterocycles. The fourth-order valence-corrected chi connectivity index (χ4v) is 4.97. The normalized spacial score (nSPS) is 11.5. The molecule has 6 nitrogen and oxygen atoms in total. The average molecular weight is 519 g/mol. The van der Waals surface area contributed by atoms with E-state index in [0.717, 1.165) is 38.5 Å². The maximum Gasteiger partial charge on any atom is 0.589 e. The molecule has 0 aliphatic carbocycles. The minimum atomic E-state index is -4.67. The fourth-order valence-electron chi connectivity index (χ4n) is 4.23. The van der Waals surface area contributed by atoms with Crippen LogP contribution in [-0.2, 0) is 23.2 Å². The van der Waals surface area contributed by atoms with Crippen LogP contribution in [-0.4, -0.2) is 16.8 Å². The minimum Gasteiger partial charge on any atom is -0.361 e. The molecule has 0 heterocycles. The molecule has 7 heteroatoms. The third-order valence-corrected chi connectivity index (χ3v) is 7.27. The number of hydrogen-bond acceptors (Lipinski definition) is 5. The van der Waals surface area contributed by atoms with Gasteiger partial charge in [-0.25, -0.2) is 4.57 Å². The average Bonchev–Trinajstić information content (AvgIpc) is 2.80. The molecule has 0 fully saturated rings. The van der Waals surface area contributed by atoms with Gasteiger partial charge in [-0.05, 0) is 12.8 Å². The van der Waals surface area contributed by atoms with Crippen LogP contribution in [0.3, 0.4) is 0 Å². The summed E-state index contributed by atoms with van der Waals surface area (Å²) in [4.78, 5) is 33.3. The largest absolute Gasteiger partial charge is 0.589 e. The van der Waals surface area contributed by atoms with Crippen molar-refractivity contribution in [2.75, 3.05) is 0 Å². The SMILES string of the molecule is CCCCCCCCCCCCCC(=O)OP(=O)(O)OC(=O)CCCCCCCCCCCCC. The van der Waals surface area contributed by atoms with Crippen LogP contribution in [0.15, 0.2) is 0 Å². The van der Waals surface area contributed by atoms with Crippen molar-refractivity contribution in [1.29, 1.82) is 0 Å². The molecule has 0 amide bonds. The predicted octanol–water partition coefficient (Wildman–Crippen LogP) is 9.58. The van der Waals surface area contributed by atoms with E-state index in [0.29, 0.717) is 12.8 Å². The van der Waals surface area contributed by atoms with Crippen molar-refractivity contribution in [3.05, 3.63) is 0 Å². The number of rotatable bonds is 26. The van der Waals surface area contributed by atoms with Crippen LogP contribution in [0.1, 0.15) is 168 Å². The first-order chi connectivity index (χ1) is 16.9. The zero-order chi connectivity index (χ0) is 26.0. The molecule has 0 spiro atoms. The molecule has 0 unspecified atom stereocenters. The van der Waals surface area contributed by atoms with Crippen molar-refractivity contribution in [3.8, 4) is 0 Å². The summed E-state index contributed by atoms with van der Waals surface area (Å²) in [5.41, 5.74) is 0. The first-order valence-corrected chi connectivity index (χ1v) is 16.2. The lowest BCUT2D eigenvalue weighted by Gasteiger charge is -2.11. The molecule has 208 valence electrons. The third-order valence-electron chi connectivity index (χ3n) is 6.40. The molecular weight excluding hydrogens is 463 g/mol. The van der Waals surface area contributed by atoms with Crippen LogP contribution in [0.5, 0.6) is 0 Å². The molecule has 0 aliphatic rings. The van der Waals surface area contributed by atoms with E-state index in [-0.39, 0.29) is 12.8 Å². The van der Waals surface area contributed by atoms with Gasteiger partial charge in [-0.2, -0.15) is 0 Å². The minimum absolute atomic E-state index is 0.0672. The highest BCUT2D eigenvalue weighted by Crippen LogP contribution is 2.44. The quantitative estimate of drug-likeness (QED) is 0.0905. The van der Waals surface area contributed by atoms with Gasteiger partial charge in [-0.3, -0.25) is 14.5 Å². The molecule has 0 aromatic carbocycles. The number of carbonyl (C=O) groups excluding carboxylic acids is 2. The van der Waals surface area contributed by atoms with Crippen molar-refractivity contribution >= 4 is 19.8 Å². The molecule has 0 saturated heterocycles. The van der Waals surface area contributed by atoms with Crippen molar-refractivity contribution in [3.63, 3.8) is 0 Å². The summed E-state index contributed by atoms with van der Waals surface area (Å²) in [6.45, 7) is 4.45. The second-order valence-electron chi connectivity index (χ2n) is 9.97. The molecule has 1 N–H and O–H groups in total. The Labute approximate surface area is 215 Å². The Bertz CT molecular complexity index is 508. The lowest BCUT2D eigenvalue weighted by molar-refractivity contribution is -0.140. The van der Waals surface area contributed by atoms with Crippen LogP contribution in [0.2, 0.25) is 0 Å². The van der Waals surface area contributed by atoms with Gasteiger partial charge in [0.2, 0.25) is 0 Å². The number of phosphoric acid groups is 1. The van der Waals surface area contributed by atoms with Gasteiger partial charge in [0.25, 0.3) is 0 Å². The van der Waals surface area contributed by atoms with Gasteiger partial charge in [0.15, 0.2) is 0 Å². The number of unbranched alkanes of at least 4 members (excludes halogenated alkanes) is 20. The number of phosphoric ester groups is 1. The Morgan fingerprint density at radius 1 is 0.486 bits per heavy atom. The standard InChI is InChI=1S/C28H55O6P/c1-3-5-7-9-11-13-15-17-19-21-23-25-27(29)33-35(31,32)34-28(30)26-24-22-20-18-16-14-12-10-8-6-4-2/h3-26H2,1-2H3,(H,31,32). The van der Waals surface area contributed by atoms with E-state index in [9.17, 15) is 19.0 Å². The van der Waals surface area contributed by atoms with E-state index < -0.39 is 19.8 Å². The van der Waals surface area contributed by atoms with Crippen LogP contribution in [0, 0.1) is 0 Å². The van der Waals surface area contributed by atoms with E-state index in [1.165, 1.54) is 89.9 Å². The van der Waals surface area contributed by atoms with Gasteiger partial charge in [-0.1, -0.05) is 142 Å². The van der Waals surface area contributed by atoms with E-state index in [1.807, 2.05) is 0 Å². The Kier molecular flexibility index (Phi) is 24.2. The molecule has 0 saturated carbocycles. The van der Waals surface area contributed by atoms with Crippen LogP contribution in [0.25, 0.3) is 0 Å². The summed E-state index contributed by atoms with van der Waals surface area (Å²) in [6, 6.07) is 0. The van der Waals surface area contributed by atoms with Crippen LogP contribution >= 0.6 is 7.82 Å². The molecule has 0 atom stereocenters. The summed E-state index contributed by atoms with van der Waals surface area (Å²) in [5.74, 6) is -1.57. The predicted molar refractivity (Wildman–Crippen MR) is 144 cm³/mol. The molecule has 0 bridgehead atoms. The molecule has 0 radical (unpaired) electrons. The highest BCUT2D eigenvalue weighted by molar-refractivity contribution is 7.48. The van der Waals surface area contributed by atoms with Crippen molar-refractivity contribution in [1.82, 2.24) is 0 Å². The van der Waals surface area contributed by atoms with E-state index in [2.05, 4.69) is 22.9 Å². The van der Waals surface area contributed by atoms with Gasteiger partial charge in [-0.15, -0.1) is 0 Å². The summed E-state index contributed by atoms with van der Waals surface area (Å²) >= 11 is 0. The second-order valence-corrected chi connectivity index (χ2v) is 11.3. The maximum atomic E-state index is 11.9. The van der Waals surface area contributed by atoms with Gasteiger partial charge < -0.3 is 9.05 Å². The Morgan fingerprint density at radius 3 is 0.971 bits per heavy atom. The smallest absolute Gasteiger partial charge is 0.361 e. The zero-order valence-electron chi connectivity index (χ0n) is 22.9. The van der Waals surface area contributed by atoms with Crippen molar-refractivity contribution in [2.45, 2.75) is 168 Å². The first kappa shape index (κ1) is 34.1. The summed E-state index contributed by atoms with van der Waals surface area (Å²) in [5, 5.41) is 0. The monoisotopic (exact) mass is 518 g/mol. The van der Waals surface area contributed by atoms with Crippen LogP contribution < -0.4 is 0 Å². The highest BCUT2D eigenvalue weighted by atomic mass is 31.2. The third kappa shape index (κ3) is 26.0. The topological polar surface area (TPSA) is 89.9 Å². The summed E-state index contributed by atoms with van der Waals surface area (Å²) in [7, 11) is -4.67. The van der Waals surface area contributed by atoms with Crippen molar-refractivity contribution < 1.29 is 28.1 Å². The molecule has 0 aromatic heterocycles. The molecule has 0 rings (SSSR count). The fraction of sp³-hybridized carbons (Fsp3) is 0.929. The summed E-state index contributed by atoms with van der Waals surface area (Å²) < 4.78 is 21.0. The Hall–Kier alpha value is -0.870. The van der Waals surface area contributed by atoms with E-state index >= 15 is 0 Å². The molecular formula is C28H55O6P. The highest BCUT2D eigenvalue weighted by Gasteiger charge is 2.30. The van der Waals surface area contributed by atoms with Gasteiger partial charge in [0, 0.05) is 12.8 Å². The second kappa shape index (κ2) is 24.8. The molecule has 0 aromatic rings. The maximum absolute atomic E-state index is 11.9. The Morgan fingerprint density at radius 2 is 0.714 bits per heavy atom. The Balaban J connectivity index is 3.62. The van der Waals surface area contributed by atoms with Crippen LogP contribution in [0.4, 0.5) is 0 Å². The zero-order valence-corrected chi connectivity index (χ0v) is 23.8. The van der Waals surface area contributed by atoms with E-state index in [4.69, 9.17) is 0 Å². The van der Waals surface area contributed by atoms with Gasteiger partial charge >= 0.3 is 19.8 Å². The molecule has 35 heavy (non-hydrogen) atoms. The van der Waals surface area contributed by atoms with E-state index in [1.54, 1.807) is 0 Å². The first-order valence-electron chi connectivity index (χ1n) is 14.7. The van der Waals surface area contributed by atoms with Gasteiger partial charge in [0.05, 0.1) is 0 Å². The number of hydrogen-bond donors (Lipinski definition) is 1. The van der Waals surface area contributed by atoms with Crippen molar-refractivity contribution in [2.24, 2.45) is 0 Å². The lowest BCUT2D eigenvalue weighted by atomic mass is 10.1.